The molecule has 0 bridgehead atoms. The molecule has 32 heavy (non-hydrogen) atoms. The predicted molar refractivity (Wildman–Crippen MR) is 125 cm³/mol. The van der Waals surface area contributed by atoms with Crippen molar-refractivity contribution in [1.29, 1.82) is 5.26 Å². The Morgan fingerprint density at radius 1 is 1.25 bits per heavy atom. The Bertz CT molecular complexity index is 905. The minimum absolute atomic E-state index is 0.365. The summed E-state index contributed by atoms with van der Waals surface area (Å²) in [5.74, 6) is -0.376. The van der Waals surface area contributed by atoms with Crippen LogP contribution in [-0.2, 0) is 22.4 Å². The molecule has 0 aromatic carbocycles. The second-order valence-corrected chi connectivity index (χ2v) is 9.29. The zero-order valence-electron chi connectivity index (χ0n) is 18.8. The molecule has 1 unspecified atom stereocenters. The van der Waals surface area contributed by atoms with Gasteiger partial charge in [-0.1, -0.05) is 6.42 Å². The van der Waals surface area contributed by atoms with E-state index in [1.807, 2.05) is 11.3 Å². The van der Waals surface area contributed by atoms with Crippen LogP contribution in [0.2, 0.25) is 0 Å². The molecule has 2 aromatic rings. The molecule has 9 heteroatoms. The van der Waals surface area contributed by atoms with Crippen molar-refractivity contribution in [3.63, 3.8) is 0 Å². The Morgan fingerprint density at radius 3 is 2.56 bits per heavy atom. The zero-order valence-corrected chi connectivity index (χ0v) is 19.6. The molecular weight excluding hydrogens is 426 g/mol. The zero-order chi connectivity index (χ0) is 22.8. The first-order valence-corrected chi connectivity index (χ1v) is 12.3. The van der Waals surface area contributed by atoms with Crippen molar-refractivity contribution in [2.45, 2.75) is 64.4 Å². The second-order valence-electron chi connectivity index (χ2n) is 8.21. The monoisotopic (exact) mass is 459 g/mol. The predicted octanol–water partition coefficient (Wildman–Crippen LogP) is 3.13. The summed E-state index contributed by atoms with van der Waals surface area (Å²) in [6, 6.07) is 1.69. The maximum atomic E-state index is 9.93. The number of nitrogens with zero attached hydrogens (tertiary/aromatic N) is 3. The molecule has 3 N–H and O–H groups in total. The number of carbonyl (C=O) groups excluding carboxylic acids is 1. The van der Waals surface area contributed by atoms with Gasteiger partial charge in [0.05, 0.1) is 24.7 Å². The molecule has 2 aliphatic carbocycles. The van der Waals surface area contributed by atoms with Crippen molar-refractivity contribution < 1.29 is 14.3 Å². The van der Waals surface area contributed by atoms with Crippen LogP contribution < -0.4 is 15.8 Å². The van der Waals surface area contributed by atoms with E-state index in [1.54, 1.807) is 12.4 Å². The number of ether oxygens (including phenoxy) is 2. The van der Waals surface area contributed by atoms with Gasteiger partial charge in [0, 0.05) is 18.0 Å². The molecule has 3 heterocycles. The van der Waals surface area contributed by atoms with Crippen LogP contribution in [0.3, 0.4) is 0 Å². The minimum Gasteiger partial charge on any atom is -0.474 e. The third-order valence-corrected chi connectivity index (χ3v) is 6.96. The van der Waals surface area contributed by atoms with Gasteiger partial charge in [0.2, 0.25) is 11.8 Å². The highest BCUT2D eigenvalue weighted by Gasteiger charge is 2.24. The van der Waals surface area contributed by atoms with Crippen LogP contribution in [0.4, 0.5) is 0 Å². The summed E-state index contributed by atoms with van der Waals surface area (Å²) >= 11 is 1.83. The van der Waals surface area contributed by atoms with Crippen LogP contribution in [0, 0.1) is 17.2 Å². The Morgan fingerprint density at radius 2 is 2.00 bits per heavy atom. The SMILES string of the molecule is C1COCCN1.CC(C#N)C(N)=O.c1nc(OC2CCCCC2)c2c3c(sc2n1)CCC3. The van der Waals surface area contributed by atoms with Crippen LogP contribution in [0.25, 0.3) is 10.2 Å². The highest BCUT2D eigenvalue weighted by atomic mass is 32.1. The number of carbonyl (C=O) groups is 1. The Kier molecular flexibility index (Phi) is 9.65. The van der Waals surface area contributed by atoms with Crippen LogP contribution in [-0.4, -0.2) is 48.3 Å². The average Bonchev–Trinajstić information content (AvgIpc) is 3.43. The number of rotatable bonds is 3. The van der Waals surface area contributed by atoms with Gasteiger partial charge in [0.15, 0.2) is 0 Å². The molecule has 1 aliphatic heterocycles. The normalized spacial score (nSPS) is 18.9. The van der Waals surface area contributed by atoms with Gasteiger partial charge in [-0.3, -0.25) is 4.79 Å². The molecular formula is C23H33N5O3S. The number of fused-ring (bicyclic) bond motifs is 3. The van der Waals surface area contributed by atoms with E-state index in [-0.39, 0.29) is 0 Å². The summed E-state index contributed by atoms with van der Waals surface area (Å²) in [7, 11) is 0. The fraction of sp³-hybridized carbons (Fsp3) is 0.652. The van der Waals surface area contributed by atoms with E-state index in [2.05, 4.69) is 21.0 Å². The fourth-order valence-electron chi connectivity index (χ4n) is 3.91. The third kappa shape index (κ3) is 6.86. The molecule has 1 saturated carbocycles. The summed E-state index contributed by atoms with van der Waals surface area (Å²) in [4.78, 5) is 21.4. The van der Waals surface area contributed by atoms with Crippen LogP contribution in [0.1, 0.15) is 55.9 Å². The standard InChI is InChI=1S/C15H18N2OS.C4H6N2O.C4H9NO/c1-2-5-10(6-3-1)18-14-13-11-7-4-8-12(11)19-15(13)17-9-16-14;1-3(2-5)4(6)7;1-3-6-4-2-5-1/h9-10H,1-8H2;3H,1H3,(H2,6,7);5H,1-4H2. The smallest absolute Gasteiger partial charge is 0.234 e. The Balaban J connectivity index is 0.000000184. The first-order chi connectivity index (χ1) is 15.6. The van der Waals surface area contributed by atoms with Gasteiger partial charge in [0.25, 0.3) is 0 Å². The van der Waals surface area contributed by atoms with Crippen molar-refractivity contribution >= 4 is 27.5 Å². The van der Waals surface area contributed by atoms with Crippen molar-refractivity contribution in [2.24, 2.45) is 11.7 Å². The van der Waals surface area contributed by atoms with Gasteiger partial charge in [-0.15, -0.1) is 11.3 Å². The summed E-state index contributed by atoms with van der Waals surface area (Å²) in [6.45, 7) is 5.29. The molecule has 5 rings (SSSR count). The largest absolute Gasteiger partial charge is 0.474 e. The summed E-state index contributed by atoms with van der Waals surface area (Å²) in [5, 5.41) is 12.3. The van der Waals surface area contributed by atoms with Gasteiger partial charge in [-0.2, -0.15) is 5.26 Å². The molecule has 2 aromatic heterocycles. The third-order valence-electron chi connectivity index (χ3n) is 5.76. The average molecular weight is 460 g/mol. The maximum Gasteiger partial charge on any atom is 0.234 e. The van der Waals surface area contributed by atoms with E-state index < -0.39 is 11.8 Å². The lowest BCUT2D eigenvalue weighted by Crippen LogP contribution is -2.30. The van der Waals surface area contributed by atoms with Gasteiger partial charge in [-0.25, -0.2) is 9.97 Å². The summed E-state index contributed by atoms with van der Waals surface area (Å²) in [5.41, 5.74) is 6.15. The van der Waals surface area contributed by atoms with Gasteiger partial charge in [-0.05, 0) is 57.4 Å². The van der Waals surface area contributed by atoms with E-state index >= 15 is 0 Å². The molecule has 174 valence electrons. The second kappa shape index (κ2) is 12.7. The molecule has 3 aliphatic rings. The number of nitrogens with one attached hydrogen (secondary N) is 1. The number of primary amides is 1. The number of hydrogen-bond acceptors (Lipinski definition) is 8. The molecule has 2 fully saturated rings. The van der Waals surface area contributed by atoms with E-state index in [4.69, 9.17) is 14.7 Å². The number of aromatic nitrogens is 2. The first kappa shape index (κ1) is 24.4. The number of nitriles is 1. The van der Waals surface area contributed by atoms with E-state index in [0.717, 1.165) is 37.0 Å². The first-order valence-electron chi connectivity index (χ1n) is 11.5. The number of nitrogens with two attached hydrogens (primary N) is 1. The number of hydrogen-bond donors (Lipinski definition) is 2. The highest BCUT2D eigenvalue weighted by molar-refractivity contribution is 7.18. The molecule has 1 saturated heterocycles. The molecule has 8 nitrogen and oxygen atoms in total. The molecule has 0 spiro atoms. The van der Waals surface area contributed by atoms with Crippen LogP contribution in [0.15, 0.2) is 6.33 Å². The topological polar surface area (TPSA) is 123 Å². The van der Waals surface area contributed by atoms with E-state index in [0.29, 0.717) is 6.10 Å². The number of thiophene rings is 1. The van der Waals surface area contributed by atoms with Gasteiger partial charge in [0.1, 0.15) is 23.2 Å². The number of amides is 1. The summed E-state index contributed by atoms with van der Waals surface area (Å²) in [6.07, 6.45) is 12.0. The Hall–Kier alpha value is -2.28. The molecule has 0 radical (unpaired) electrons. The van der Waals surface area contributed by atoms with Crippen molar-refractivity contribution in [3.8, 4) is 11.9 Å². The van der Waals surface area contributed by atoms with Gasteiger partial charge >= 0.3 is 0 Å². The summed E-state index contributed by atoms with van der Waals surface area (Å²) < 4.78 is 11.2. The molecule has 1 atom stereocenters. The van der Waals surface area contributed by atoms with Crippen molar-refractivity contribution in [3.05, 3.63) is 16.8 Å². The quantitative estimate of drug-likeness (QED) is 0.723. The van der Waals surface area contributed by atoms with E-state index in [1.165, 1.54) is 74.1 Å². The highest BCUT2D eigenvalue weighted by Crippen LogP contribution is 2.40. The molecule has 1 amide bonds. The Labute approximate surface area is 193 Å². The van der Waals surface area contributed by atoms with Crippen LogP contribution >= 0.6 is 11.3 Å². The van der Waals surface area contributed by atoms with Crippen LogP contribution in [0.5, 0.6) is 5.88 Å². The lowest BCUT2D eigenvalue weighted by Gasteiger charge is -2.22. The van der Waals surface area contributed by atoms with Crippen molar-refractivity contribution in [2.75, 3.05) is 26.3 Å². The number of aryl methyl sites for hydroxylation is 2. The maximum absolute atomic E-state index is 9.93. The van der Waals surface area contributed by atoms with Gasteiger partial charge < -0.3 is 20.5 Å². The minimum atomic E-state index is -0.653. The van der Waals surface area contributed by atoms with Crippen molar-refractivity contribution in [1.82, 2.24) is 15.3 Å². The van der Waals surface area contributed by atoms with E-state index in [9.17, 15) is 4.79 Å². The lowest BCUT2D eigenvalue weighted by molar-refractivity contribution is -0.119. The fourth-order valence-corrected chi connectivity index (χ4v) is 5.13. The lowest BCUT2D eigenvalue weighted by atomic mass is 9.98. The number of morpholine rings is 1.